The van der Waals surface area contributed by atoms with Gasteiger partial charge in [-0.25, -0.2) is 0 Å². The van der Waals surface area contributed by atoms with Crippen LogP contribution in [0.15, 0.2) is 23.6 Å². The maximum atomic E-state index is 11.8. The molecular weight excluding hydrogens is 230 g/mol. The number of carbonyl (C=O) groups is 1. The highest BCUT2D eigenvalue weighted by Crippen LogP contribution is 2.23. The van der Waals surface area contributed by atoms with Crippen LogP contribution in [0, 0.1) is 5.92 Å². The van der Waals surface area contributed by atoms with E-state index >= 15 is 0 Å². The number of amides is 1. The third-order valence-corrected chi connectivity index (χ3v) is 4.22. The minimum Gasteiger partial charge on any atom is -0.350 e. The largest absolute Gasteiger partial charge is 0.350 e. The van der Waals surface area contributed by atoms with Gasteiger partial charge in [0.25, 0.3) is 0 Å². The van der Waals surface area contributed by atoms with Crippen molar-refractivity contribution in [2.45, 2.75) is 38.6 Å². The van der Waals surface area contributed by atoms with Gasteiger partial charge in [0.15, 0.2) is 0 Å². The Labute approximate surface area is 107 Å². The molecule has 1 amide bonds. The molecule has 1 aromatic heterocycles. The average molecular weight is 249 g/mol. The molecule has 0 bridgehead atoms. The highest BCUT2D eigenvalue weighted by Gasteiger charge is 2.21. The highest BCUT2D eigenvalue weighted by molar-refractivity contribution is 7.10. The van der Waals surface area contributed by atoms with E-state index in [-0.39, 0.29) is 5.91 Å². The van der Waals surface area contributed by atoms with Gasteiger partial charge in [-0.1, -0.05) is 25.8 Å². The molecule has 1 aliphatic rings. The lowest BCUT2D eigenvalue weighted by atomic mass is 9.86. The van der Waals surface area contributed by atoms with E-state index in [4.69, 9.17) is 0 Å². The zero-order valence-corrected chi connectivity index (χ0v) is 11.0. The molecule has 1 heterocycles. The van der Waals surface area contributed by atoms with Gasteiger partial charge in [0.05, 0.1) is 0 Å². The summed E-state index contributed by atoms with van der Waals surface area (Å²) in [6, 6.07) is 4.37. The Morgan fingerprint density at radius 1 is 1.47 bits per heavy atom. The topological polar surface area (TPSA) is 29.1 Å². The Kier molecular flexibility index (Phi) is 4.37. The molecular formula is C14H19NOS. The van der Waals surface area contributed by atoms with Crippen molar-refractivity contribution in [3.8, 4) is 0 Å². The van der Waals surface area contributed by atoms with Gasteiger partial charge in [0, 0.05) is 17.0 Å². The third-order valence-electron chi connectivity index (χ3n) is 3.38. The zero-order valence-electron chi connectivity index (χ0n) is 10.2. The van der Waals surface area contributed by atoms with Crippen LogP contribution in [-0.4, -0.2) is 11.9 Å². The fraction of sp³-hybridized carbons (Fsp3) is 0.500. The van der Waals surface area contributed by atoms with E-state index in [0.29, 0.717) is 12.0 Å². The van der Waals surface area contributed by atoms with Crippen LogP contribution in [0.3, 0.4) is 0 Å². The van der Waals surface area contributed by atoms with Crippen molar-refractivity contribution in [1.82, 2.24) is 5.32 Å². The lowest BCUT2D eigenvalue weighted by Crippen LogP contribution is -2.40. The van der Waals surface area contributed by atoms with Gasteiger partial charge in [0.2, 0.25) is 5.91 Å². The summed E-state index contributed by atoms with van der Waals surface area (Å²) >= 11 is 1.64. The third kappa shape index (κ3) is 3.70. The van der Waals surface area contributed by atoms with Crippen LogP contribution in [0.2, 0.25) is 0 Å². The Balaban J connectivity index is 1.84. The van der Waals surface area contributed by atoms with Gasteiger partial charge in [-0.05, 0) is 36.3 Å². The molecule has 3 heteroatoms. The van der Waals surface area contributed by atoms with Crippen LogP contribution in [-0.2, 0) is 4.79 Å². The Hall–Kier alpha value is -1.09. The second-order valence-electron chi connectivity index (χ2n) is 4.73. The summed E-state index contributed by atoms with van der Waals surface area (Å²) < 4.78 is 0. The molecule has 0 radical (unpaired) electrons. The van der Waals surface area contributed by atoms with Crippen molar-refractivity contribution in [2.24, 2.45) is 5.92 Å². The van der Waals surface area contributed by atoms with Crippen molar-refractivity contribution < 1.29 is 4.79 Å². The Bertz CT molecular complexity index is 383. The maximum Gasteiger partial charge on any atom is 0.244 e. The summed E-state index contributed by atoms with van der Waals surface area (Å²) in [6.45, 7) is 2.23. The van der Waals surface area contributed by atoms with Crippen LogP contribution in [0.1, 0.15) is 37.5 Å². The molecule has 0 spiro atoms. The first-order chi connectivity index (χ1) is 8.25. The van der Waals surface area contributed by atoms with Gasteiger partial charge in [0.1, 0.15) is 0 Å². The summed E-state index contributed by atoms with van der Waals surface area (Å²) in [5.74, 6) is 0.653. The monoisotopic (exact) mass is 249 g/mol. The van der Waals surface area contributed by atoms with Crippen LogP contribution in [0.5, 0.6) is 0 Å². The molecule has 92 valence electrons. The predicted molar refractivity (Wildman–Crippen MR) is 72.9 cm³/mol. The van der Waals surface area contributed by atoms with Crippen molar-refractivity contribution in [3.63, 3.8) is 0 Å². The molecule has 2 atom stereocenters. The lowest BCUT2D eigenvalue weighted by Gasteiger charge is -2.29. The lowest BCUT2D eigenvalue weighted by molar-refractivity contribution is -0.117. The summed E-state index contributed by atoms with van der Waals surface area (Å²) in [6.07, 6.45) is 8.43. The van der Waals surface area contributed by atoms with E-state index < -0.39 is 0 Å². The molecule has 1 aliphatic carbocycles. The van der Waals surface area contributed by atoms with Gasteiger partial charge in [-0.2, -0.15) is 0 Å². The van der Waals surface area contributed by atoms with Gasteiger partial charge in [-0.3, -0.25) is 4.79 Å². The number of rotatable bonds is 3. The standard InChI is InChI=1S/C14H19NOS/c1-11-5-2-3-7-13(11)15-14(16)9-8-12-6-4-10-17-12/h4,6,8-11,13H,2-3,5,7H2,1H3,(H,15,16)/b9-8+/t11-,13+/m1/s1. The average Bonchev–Trinajstić information content (AvgIpc) is 2.82. The molecule has 0 unspecified atom stereocenters. The Morgan fingerprint density at radius 3 is 3.00 bits per heavy atom. The molecule has 1 N–H and O–H groups in total. The maximum absolute atomic E-state index is 11.8. The number of hydrogen-bond donors (Lipinski definition) is 1. The summed E-state index contributed by atoms with van der Waals surface area (Å²) in [5, 5.41) is 5.12. The molecule has 0 aliphatic heterocycles. The molecule has 1 fully saturated rings. The smallest absolute Gasteiger partial charge is 0.244 e. The molecule has 17 heavy (non-hydrogen) atoms. The van der Waals surface area contributed by atoms with Crippen LogP contribution in [0.25, 0.3) is 6.08 Å². The second kappa shape index (κ2) is 6.01. The van der Waals surface area contributed by atoms with E-state index in [1.165, 1.54) is 19.3 Å². The minimum atomic E-state index is 0.0390. The highest BCUT2D eigenvalue weighted by atomic mass is 32.1. The minimum absolute atomic E-state index is 0.0390. The normalized spacial score (nSPS) is 25.0. The number of thiophene rings is 1. The fourth-order valence-corrected chi connectivity index (χ4v) is 2.92. The molecule has 1 saturated carbocycles. The molecule has 0 aromatic carbocycles. The van der Waals surface area contributed by atoms with Crippen LogP contribution < -0.4 is 5.32 Å². The SMILES string of the molecule is C[C@@H]1CCCC[C@@H]1NC(=O)/C=C/c1cccs1. The van der Waals surface area contributed by atoms with Gasteiger partial charge >= 0.3 is 0 Å². The van der Waals surface area contributed by atoms with Crippen molar-refractivity contribution >= 4 is 23.3 Å². The van der Waals surface area contributed by atoms with E-state index in [1.807, 2.05) is 23.6 Å². The second-order valence-corrected chi connectivity index (χ2v) is 5.70. The predicted octanol–water partition coefficient (Wildman–Crippen LogP) is 3.46. The van der Waals surface area contributed by atoms with Gasteiger partial charge < -0.3 is 5.32 Å². The quantitative estimate of drug-likeness (QED) is 0.817. The van der Waals surface area contributed by atoms with Crippen molar-refractivity contribution in [2.75, 3.05) is 0 Å². The van der Waals surface area contributed by atoms with Crippen LogP contribution in [0.4, 0.5) is 0 Å². The molecule has 2 rings (SSSR count). The number of hydrogen-bond acceptors (Lipinski definition) is 2. The summed E-state index contributed by atoms with van der Waals surface area (Å²) in [5.41, 5.74) is 0. The van der Waals surface area contributed by atoms with E-state index in [2.05, 4.69) is 12.2 Å². The molecule has 2 nitrogen and oxygen atoms in total. The van der Waals surface area contributed by atoms with Gasteiger partial charge in [-0.15, -0.1) is 11.3 Å². The van der Waals surface area contributed by atoms with E-state index in [1.54, 1.807) is 17.4 Å². The number of nitrogens with one attached hydrogen (secondary N) is 1. The van der Waals surface area contributed by atoms with Crippen LogP contribution >= 0.6 is 11.3 Å². The van der Waals surface area contributed by atoms with E-state index in [9.17, 15) is 4.79 Å². The summed E-state index contributed by atoms with van der Waals surface area (Å²) in [7, 11) is 0. The number of carbonyl (C=O) groups excluding carboxylic acids is 1. The fourth-order valence-electron chi connectivity index (χ4n) is 2.31. The first-order valence-electron chi connectivity index (χ1n) is 6.28. The molecule has 1 aromatic rings. The summed E-state index contributed by atoms with van der Waals surface area (Å²) in [4.78, 5) is 12.9. The zero-order chi connectivity index (χ0) is 12.1. The first-order valence-corrected chi connectivity index (χ1v) is 7.16. The van der Waals surface area contributed by atoms with Crippen molar-refractivity contribution in [3.05, 3.63) is 28.5 Å². The Morgan fingerprint density at radius 2 is 2.29 bits per heavy atom. The van der Waals surface area contributed by atoms with E-state index in [0.717, 1.165) is 11.3 Å². The molecule has 0 saturated heterocycles. The van der Waals surface area contributed by atoms with Crippen molar-refractivity contribution in [1.29, 1.82) is 0 Å². The first kappa shape index (κ1) is 12.4.